The van der Waals surface area contributed by atoms with Crippen LogP contribution in [-0.2, 0) is 0 Å². The molecule has 0 unspecified atom stereocenters. The predicted octanol–water partition coefficient (Wildman–Crippen LogP) is 2.13. The third kappa shape index (κ3) is 5.40. The minimum Gasteiger partial charge on any atom is -0.449 e. The van der Waals surface area contributed by atoms with Crippen LogP contribution < -0.4 is 10.6 Å². The molecule has 1 aromatic rings. The number of hydrogen-bond donors (Lipinski definition) is 2. The van der Waals surface area contributed by atoms with Crippen LogP contribution in [-0.4, -0.2) is 37.1 Å². The van der Waals surface area contributed by atoms with Gasteiger partial charge in [-0.05, 0) is 32.1 Å². The summed E-state index contributed by atoms with van der Waals surface area (Å²) in [5.74, 6) is 0.464. The maximum absolute atomic E-state index is 11.4. The van der Waals surface area contributed by atoms with E-state index in [1.54, 1.807) is 12.1 Å². The molecule has 0 fully saturated rings. The quantitative estimate of drug-likeness (QED) is 0.717. The number of nitrogens with zero attached hydrogens (tertiary/aromatic N) is 1. The molecule has 2 amide bonds. The minimum absolute atomic E-state index is 0.223. The minimum atomic E-state index is -0.223. The molecule has 2 N–H and O–H groups in total. The third-order valence-electron chi connectivity index (χ3n) is 2.59. The molecule has 0 aromatic carbocycles. The van der Waals surface area contributed by atoms with Crippen molar-refractivity contribution < 1.29 is 9.21 Å². The van der Waals surface area contributed by atoms with Gasteiger partial charge in [0.2, 0.25) is 5.88 Å². The highest BCUT2D eigenvalue weighted by Gasteiger charge is 2.03. The molecule has 1 heterocycles. The van der Waals surface area contributed by atoms with Crippen molar-refractivity contribution in [2.75, 3.05) is 31.5 Å². The molecular weight excluding hydrogens is 218 g/mol. The van der Waals surface area contributed by atoms with E-state index < -0.39 is 0 Å². The smallest absolute Gasteiger partial charge is 0.321 e. The Kier molecular flexibility index (Phi) is 6.17. The Morgan fingerprint density at radius 1 is 1.41 bits per heavy atom. The number of anilines is 1. The Morgan fingerprint density at radius 3 is 2.76 bits per heavy atom. The molecule has 0 bridgehead atoms. The van der Waals surface area contributed by atoms with Gasteiger partial charge in [-0.1, -0.05) is 13.8 Å². The number of urea groups is 1. The average Bonchev–Trinajstić information content (AvgIpc) is 2.82. The molecule has 0 aliphatic rings. The average molecular weight is 239 g/mol. The Morgan fingerprint density at radius 2 is 2.18 bits per heavy atom. The van der Waals surface area contributed by atoms with E-state index in [2.05, 4.69) is 29.4 Å². The number of nitrogens with one attached hydrogen (secondary N) is 2. The fraction of sp³-hybridized carbons (Fsp3) is 0.583. The summed E-state index contributed by atoms with van der Waals surface area (Å²) in [5, 5.41) is 5.40. The van der Waals surface area contributed by atoms with Crippen LogP contribution >= 0.6 is 0 Å². The standard InChI is InChI=1S/C12H21N3O2/c1-3-15(4-2)9-6-8-13-12(16)14-11-7-5-10-17-11/h5,7,10H,3-4,6,8-9H2,1-2H3,(H2,13,14,16). The van der Waals surface area contributed by atoms with E-state index in [0.717, 1.165) is 26.1 Å². The summed E-state index contributed by atoms with van der Waals surface area (Å²) in [5.41, 5.74) is 0. The number of rotatable bonds is 7. The van der Waals surface area contributed by atoms with Gasteiger partial charge < -0.3 is 14.6 Å². The highest BCUT2D eigenvalue weighted by molar-refractivity contribution is 5.87. The van der Waals surface area contributed by atoms with E-state index in [4.69, 9.17) is 4.42 Å². The molecule has 0 saturated carbocycles. The lowest BCUT2D eigenvalue weighted by atomic mass is 10.3. The number of carbonyl (C=O) groups is 1. The number of furan rings is 1. The summed E-state index contributed by atoms with van der Waals surface area (Å²) in [6.07, 6.45) is 2.48. The molecule has 17 heavy (non-hydrogen) atoms. The van der Waals surface area contributed by atoms with E-state index in [0.29, 0.717) is 12.4 Å². The van der Waals surface area contributed by atoms with E-state index in [1.807, 2.05) is 0 Å². The zero-order chi connectivity index (χ0) is 12.5. The first-order valence-electron chi connectivity index (χ1n) is 6.07. The molecule has 0 aliphatic heterocycles. The SMILES string of the molecule is CCN(CC)CCCNC(=O)Nc1ccco1. The molecule has 96 valence electrons. The van der Waals surface area contributed by atoms with Gasteiger partial charge in [-0.15, -0.1) is 0 Å². The molecule has 0 atom stereocenters. The third-order valence-corrected chi connectivity index (χ3v) is 2.59. The Labute approximate surface area is 102 Å². The van der Waals surface area contributed by atoms with Gasteiger partial charge in [0.25, 0.3) is 0 Å². The first-order valence-corrected chi connectivity index (χ1v) is 6.07. The maximum atomic E-state index is 11.4. The zero-order valence-corrected chi connectivity index (χ0v) is 10.5. The van der Waals surface area contributed by atoms with Crippen molar-refractivity contribution in [3.63, 3.8) is 0 Å². The first-order chi connectivity index (χ1) is 8.26. The fourth-order valence-electron chi connectivity index (χ4n) is 1.55. The van der Waals surface area contributed by atoms with Gasteiger partial charge in [0.15, 0.2) is 0 Å². The van der Waals surface area contributed by atoms with Crippen LogP contribution in [0.4, 0.5) is 10.7 Å². The van der Waals surface area contributed by atoms with E-state index in [9.17, 15) is 4.79 Å². The Hall–Kier alpha value is -1.49. The Balaban J connectivity index is 2.08. The Bertz CT molecular complexity index is 308. The van der Waals surface area contributed by atoms with Crippen molar-refractivity contribution in [1.82, 2.24) is 10.2 Å². The van der Waals surface area contributed by atoms with Crippen molar-refractivity contribution >= 4 is 11.9 Å². The number of hydrogen-bond acceptors (Lipinski definition) is 3. The molecule has 0 radical (unpaired) electrons. The van der Waals surface area contributed by atoms with Crippen molar-refractivity contribution in [3.8, 4) is 0 Å². The molecule has 0 aliphatic carbocycles. The molecular formula is C12H21N3O2. The monoisotopic (exact) mass is 239 g/mol. The van der Waals surface area contributed by atoms with Crippen molar-refractivity contribution in [2.24, 2.45) is 0 Å². The normalized spacial score (nSPS) is 10.5. The number of carbonyl (C=O) groups excluding carboxylic acids is 1. The van der Waals surface area contributed by atoms with Crippen LogP contribution in [0.1, 0.15) is 20.3 Å². The summed E-state index contributed by atoms with van der Waals surface area (Å²) in [6, 6.07) is 3.21. The lowest BCUT2D eigenvalue weighted by Gasteiger charge is -2.17. The second-order valence-corrected chi connectivity index (χ2v) is 3.74. The van der Waals surface area contributed by atoms with E-state index >= 15 is 0 Å². The predicted molar refractivity (Wildman–Crippen MR) is 68.1 cm³/mol. The van der Waals surface area contributed by atoms with Gasteiger partial charge in [0, 0.05) is 12.6 Å². The van der Waals surface area contributed by atoms with Gasteiger partial charge >= 0.3 is 6.03 Å². The summed E-state index contributed by atoms with van der Waals surface area (Å²) >= 11 is 0. The molecule has 5 nitrogen and oxygen atoms in total. The molecule has 0 saturated heterocycles. The largest absolute Gasteiger partial charge is 0.449 e. The molecule has 5 heteroatoms. The fourth-order valence-corrected chi connectivity index (χ4v) is 1.55. The summed E-state index contributed by atoms with van der Waals surface area (Å²) in [7, 11) is 0. The van der Waals surface area contributed by atoms with E-state index in [-0.39, 0.29) is 6.03 Å². The van der Waals surface area contributed by atoms with Gasteiger partial charge in [-0.2, -0.15) is 0 Å². The van der Waals surface area contributed by atoms with E-state index in [1.165, 1.54) is 6.26 Å². The number of amides is 2. The summed E-state index contributed by atoms with van der Waals surface area (Å²) in [6.45, 7) is 8.06. The second kappa shape index (κ2) is 7.73. The highest BCUT2D eigenvalue weighted by Crippen LogP contribution is 2.05. The molecule has 1 rings (SSSR count). The lowest BCUT2D eigenvalue weighted by Crippen LogP contribution is -2.32. The van der Waals surface area contributed by atoms with Crippen LogP contribution in [0, 0.1) is 0 Å². The van der Waals surface area contributed by atoms with Crippen molar-refractivity contribution in [1.29, 1.82) is 0 Å². The highest BCUT2D eigenvalue weighted by atomic mass is 16.3. The maximum Gasteiger partial charge on any atom is 0.321 e. The molecule has 1 aromatic heterocycles. The summed E-state index contributed by atoms with van der Waals surface area (Å²) in [4.78, 5) is 13.7. The van der Waals surface area contributed by atoms with Crippen LogP contribution in [0.5, 0.6) is 0 Å². The van der Waals surface area contributed by atoms with Crippen molar-refractivity contribution in [3.05, 3.63) is 18.4 Å². The van der Waals surface area contributed by atoms with Crippen LogP contribution in [0.15, 0.2) is 22.8 Å². The van der Waals surface area contributed by atoms with Crippen molar-refractivity contribution in [2.45, 2.75) is 20.3 Å². The topological polar surface area (TPSA) is 57.5 Å². The van der Waals surface area contributed by atoms with Crippen LogP contribution in [0.25, 0.3) is 0 Å². The van der Waals surface area contributed by atoms with Gasteiger partial charge in [0.1, 0.15) is 0 Å². The first kappa shape index (κ1) is 13.6. The summed E-state index contributed by atoms with van der Waals surface area (Å²) < 4.78 is 5.00. The zero-order valence-electron chi connectivity index (χ0n) is 10.5. The molecule has 0 spiro atoms. The lowest BCUT2D eigenvalue weighted by molar-refractivity contribution is 0.249. The van der Waals surface area contributed by atoms with Gasteiger partial charge in [-0.3, -0.25) is 5.32 Å². The van der Waals surface area contributed by atoms with Gasteiger partial charge in [-0.25, -0.2) is 4.79 Å². The van der Waals surface area contributed by atoms with Crippen LogP contribution in [0.3, 0.4) is 0 Å². The van der Waals surface area contributed by atoms with Gasteiger partial charge in [0.05, 0.1) is 6.26 Å². The van der Waals surface area contributed by atoms with Crippen LogP contribution in [0.2, 0.25) is 0 Å². The second-order valence-electron chi connectivity index (χ2n) is 3.74.